The predicted octanol–water partition coefficient (Wildman–Crippen LogP) is -0.0809. The van der Waals surface area contributed by atoms with Crippen molar-refractivity contribution in [2.24, 2.45) is 0 Å². The monoisotopic (exact) mass is 255 g/mol. The fraction of sp³-hybridized carbons (Fsp3) is 0.923. The van der Waals surface area contributed by atoms with E-state index in [2.05, 4.69) is 17.1 Å². The molecule has 2 fully saturated rings. The van der Waals surface area contributed by atoms with E-state index in [-0.39, 0.29) is 5.91 Å². The van der Waals surface area contributed by atoms with Gasteiger partial charge in [-0.2, -0.15) is 0 Å². The summed E-state index contributed by atoms with van der Waals surface area (Å²) >= 11 is 0. The van der Waals surface area contributed by atoms with Crippen LogP contribution in [0, 0.1) is 0 Å². The van der Waals surface area contributed by atoms with Crippen LogP contribution in [0.15, 0.2) is 0 Å². The van der Waals surface area contributed by atoms with Crippen LogP contribution in [-0.2, 0) is 9.53 Å². The van der Waals surface area contributed by atoms with Crippen molar-refractivity contribution in [3.63, 3.8) is 0 Å². The van der Waals surface area contributed by atoms with E-state index in [1.54, 1.807) is 0 Å². The highest BCUT2D eigenvalue weighted by Crippen LogP contribution is 2.07. The molecule has 0 bridgehead atoms. The Labute approximate surface area is 109 Å². The second kappa shape index (κ2) is 7.07. The van der Waals surface area contributed by atoms with E-state index in [0.717, 1.165) is 19.6 Å². The van der Waals surface area contributed by atoms with Crippen LogP contribution in [0.5, 0.6) is 0 Å². The van der Waals surface area contributed by atoms with Crippen molar-refractivity contribution in [3.8, 4) is 0 Å². The van der Waals surface area contributed by atoms with Crippen molar-refractivity contribution in [2.45, 2.75) is 25.8 Å². The van der Waals surface area contributed by atoms with Gasteiger partial charge in [-0.25, -0.2) is 0 Å². The summed E-state index contributed by atoms with van der Waals surface area (Å²) in [5.74, 6) is 0.201. The maximum Gasteiger partial charge on any atom is 0.236 e. The van der Waals surface area contributed by atoms with E-state index >= 15 is 0 Å². The van der Waals surface area contributed by atoms with E-state index in [1.807, 2.05) is 4.90 Å². The normalized spacial score (nSPS) is 23.3. The SMILES string of the molecule is CC(CN1CCCC1)NCC(=O)N1CCOCC1. The summed E-state index contributed by atoms with van der Waals surface area (Å²) in [6.07, 6.45) is 2.64. The molecular formula is C13H25N3O2. The van der Waals surface area contributed by atoms with Crippen molar-refractivity contribution >= 4 is 5.91 Å². The molecule has 104 valence electrons. The first-order valence-electron chi connectivity index (χ1n) is 7.07. The molecule has 0 aliphatic carbocycles. The minimum Gasteiger partial charge on any atom is -0.378 e. The summed E-state index contributed by atoms with van der Waals surface area (Å²) in [7, 11) is 0. The molecule has 2 heterocycles. The van der Waals surface area contributed by atoms with Crippen LogP contribution >= 0.6 is 0 Å². The minimum atomic E-state index is 0.201. The number of nitrogens with zero attached hydrogens (tertiary/aromatic N) is 2. The van der Waals surface area contributed by atoms with Gasteiger partial charge in [-0.3, -0.25) is 4.79 Å². The quantitative estimate of drug-likeness (QED) is 0.746. The Morgan fingerprint density at radius 3 is 2.56 bits per heavy atom. The summed E-state index contributed by atoms with van der Waals surface area (Å²) in [6, 6.07) is 0.382. The molecule has 2 aliphatic rings. The molecule has 2 rings (SSSR count). The first-order chi connectivity index (χ1) is 8.75. The van der Waals surface area contributed by atoms with Crippen LogP contribution in [-0.4, -0.2) is 74.2 Å². The molecule has 5 nitrogen and oxygen atoms in total. The van der Waals surface area contributed by atoms with Gasteiger partial charge in [0.25, 0.3) is 0 Å². The van der Waals surface area contributed by atoms with Gasteiger partial charge in [0.2, 0.25) is 5.91 Å². The van der Waals surface area contributed by atoms with Crippen LogP contribution < -0.4 is 5.32 Å². The summed E-state index contributed by atoms with van der Waals surface area (Å²) in [4.78, 5) is 16.3. The fourth-order valence-corrected chi connectivity index (χ4v) is 2.60. The molecular weight excluding hydrogens is 230 g/mol. The number of likely N-dealkylation sites (tertiary alicyclic amines) is 1. The van der Waals surface area contributed by atoms with Gasteiger partial charge in [0.05, 0.1) is 19.8 Å². The molecule has 2 aliphatic heterocycles. The van der Waals surface area contributed by atoms with Gasteiger partial charge in [0, 0.05) is 25.7 Å². The number of nitrogens with one attached hydrogen (secondary N) is 1. The number of ether oxygens (including phenoxy) is 1. The van der Waals surface area contributed by atoms with Gasteiger partial charge in [-0.05, 0) is 32.9 Å². The third kappa shape index (κ3) is 4.23. The molecule has 0 saturated carbocycles. The number of hydrogen-bond acceptors (Lipinski definition) is 4. The first kappa shape index (κ1) is 13.8. The minimum absolute atomic E-state index is 0.201. The zero-order valence-corrected chi connectivity index (χ0v) is 11.4. The zero-order chi connectivity index (χ0) is 12.8. The van der Waals surface area contributed by atoms with Gasteiger partial charge >= 0.3 is 0 Å². The molecule has 0 aromatic carbocycles. The van der Waals surface area contributed by atoms with E-state index in [0.29, 0.717) is 25.8 Å². The Morgan fingerprint density at radius 1 is 1.22 bits per heavy atom. The molecule has 1 unspecified atom stereocenters. The standard InChI is InChI=1S/C13H25N3O2/c1-12(11-15-4-2-3-5-15)14-10-13(17)16-6-8-18-9-7-16/h12,14H,2-11H2,1H3. The number of hydrogen-bond donors (Lipinski definition) is 1. The Hall–Kier alpha value is -0.650. The average Bonchev–Trinajstić information content (AvgIpc) is 2.90. The molecule has 1 amide bonds. The predicted molar refractivity (Wildman–Crippen MR) is 70.5 cm³/mol. The van der Waals surface area contributed by atoms with Crippen molar-refractivity contribution in [2.75, 3.05) is 52.5 Å². The lowest BCUT2D eigenvalue weighted by Crippen LogP contribution is -2.47. The maximum atomic E-state index is 11.9. The molecule has 1 atom stereocenters. The number of morpholine rings is 1. The molecule has 5 heteroatoms. The lowest BCUT2D eigenvalue weighted by Gasteiger charge is -2.28. The van der Waals surface area contributed by atoms with Crippen LogP contribution in [0.1, 0.15) is 19.8 Å². The van der Waals surface area contributed by atoms with Gasteiger partial charge < -0.3 is 19.9 Å². The largest absolute Gasteiger partial charge is 0.378 e. The van der Waals surface area contributed by atoms with Crippen LogP contribution in [0.3, 0.4) is 0 Å². The van der Waals surface area contributed by atoms with E-state index in [1.165, 1.54) is 25.9 Å². The topological polar surface area (TPSA) is 44.8 Å². The lowest BCUT2D eigenvalue weighted by atomic mass is 10.3. The Morgan fingerprint density at radius 2 is 1.89 bits per heavy atom. The molecule has 0 aromatic heterocycles. The number of carbonyl (C=O) groups is 1. The number of amides is 1. The zero-order valence-electron chi connectivity index (χ0n) is 11.4. The number of rotatable bonds is 5. The Kier molecular flexibility index (Phi) is 5.41. The van der Waals surface area contributed by atoms with Crippen LogP contribution in [0.4, 0.5) is 0 Å². The fourth-order valence-electron chi connectivity index (χ4n) is 2.60. The molecule has 0 spiro atoms. The van der Waals surface area contributed by atoms with Gasteiger partial charge in [-0.15, -0.1) is 0 Å². The molecule has 1 N–H and O–H groups in total. The molecule has 2 saturated heterocycles. The van der Waals surface area contributed by atoms with Crippen LogP contribution in [0.2, 0.25) is 0 Å². The van der Waals surface area contributed by atoms with E-state index < -0.39 is 0 Å². The summed E-state index contributed by atoms with van der Waals surface area (Å²) in [5, 5.41) is 3.33. The summed E-state index contributed by atoms with van der Waals surface area (Å²) in [5.41, 5.74) is 0. The molecule has 0 radical (unpaired) electrons. The van der Waals surface area contributed by atoms with Crippen molar-refractivity contribution in [1.82, 2.24) is 15.1 Å². The van der Waals surface area contributed by atoms with E-state index in [9.17, 15) is 4.79 Å². The highest BCUT2D eigenvalue weighted by Gasteiger charge is 2.18. The maximum absolute atomic E-state index is 11.9. The number of carbonyl (C=O) groups excluding carboxylic acids is 1. The third-order valence-corrected chi connectivity index (χ3v) is 3.70. The second-order valence-electron chi connectivity index (χ2n) is 5.28. The highest BCUT2D eigenvalue weighted by atomic mass is 16.5. The average molecular weight is 255 g/mol. The summed E-state index contributed by atoms with van der Waals surface area (Å²) in [6.45, 7) is 8.91. The van der Waals surface area contributed by atoms with Crippen molar-refractivity contribution in [3.05, 3.63) is 0 Å². The van der Waals surface area contributed by atoms with Crippen LogP contribution in [0.25, 0.3) is 0 Å². The van der Waals surface area contributed by atoms with Gasteiger partial charge in [0.15, 0.2) is 0 Å². The molecule has 18 heavy (non-hydrogen) atoms. The Balaban J connectivity index is 1.61. The van der Waals surface area contributed by atoms with Gasteiger partial charge in [-0.1, -0.05) is 0 Å². The van der Waals surface area contributed by atoms with Crippen molar-refractivity contribution < 1.29 is 9.53 Å². The third-order valence-electron chi connectivity index (χ3n) is 3.70. The first-order valence-corrected chi connectivity index (χ1v) is 7.07. The smallest absolute Gasteiger partial charge is 0.236 e. The Bertz CT molecular complexity index is 261. The van der Waals surface area contributed by atoms with E-state index in [4.69, 9.17) is 4.74 Å². The van der Waals surface area contributed by atoms with Crippen molar-refractivity contribution in [1.29, 1.82) is 0 Å². The summed E-state index contributed by atoms with van der Waals surface area (Å²) < 4.78 is 5.24. The second-order valence-corrected chi connectivity index (χ2v) is 5.28. The van der Waals surface area contributed by atoms with Gasteiger partial charge in [0.1, 0.15) is 0 Å². The highest BCUT2D eigenvalue weighted by molar-refractivity contribution is 5.78. The molecule has 0 aromatic rings. The lowest BCUT2D eigenvalue weighted by molar-refractivity contribution is -0.134.